The van der Waals surface area contributed by atoms with Crippen LogP contribution in [0.5, 0.6) is 0 Å². The quantitative estimate of drug-likeness (QED) is 0.0178. The number of ketones is 2. The molecule has 0 aliphatic rings. The number of rotatable bonds is 36. The number of hydrazine groups is 2. The van der Waals surface area contributed by atoms with E-state index in [1.165, 1.54) is 153 Å². The molecule has 0 saturated carbocycles. The van der Waals surface area contributed by atoms with Gasteiger partial charge in [-0.05, 0) is 25.0 Å². The molecule has 0 aromatic heterocycles. The maximum absolute atomic E-state index is 13.7. The minimum atomic E-state index is -0.666. The van der Waals surface area contributed by atoms with Gasteiger partial charge in [-0.3, -0.25) is 30.0 Å². The number of hydrogen-bond acceptors (Lipinski definition) is 6. The summed E-state index contributed by atoms with van der Waals surface area (Å²) in [6, 6.07) is 2.77. The van der Waals surface area contributed by atoms with Crippen molar-refractivity contribution in [1.29, 1.82) is 0 Å². The van der Waals surface area contributed by atoms with E-state index < -0.39 is 11.8 Å². The predicted molar refractivity (Wildman–Crippen MR) is 218 cm³/mol. The summed E-state index contributed by atoms with van der Waals surface area (Å²) in [5.41, 5.74) is 4.20. The largest absolute Gasteiger partial charge is 0.294 e. The smallest absolute Gasteiger partial charge is 0.265 e. The van der Waals surface area contributed by atoms with Gasteiger partial charge in [0, 0.05) is 24.0 Å². The summed E-state index contributed by atoms with van der Waals surface area (Å²) in [5, 5.41) is 0. The van der Waals surface area contributed by atoms with Crippen LogP contribution in [0.3, 0.4) is 0 Å². The van der Waals surface area contributed by atoms with Crippen LogP contribution in [-0.2, 0) is 0 Å². The van der Waals surface area contributed by atoms with Crippen molar-refractivity contribution >= 4 is 23.4 Å². The van der Waals surface area contributed by atoms with Crippen molar-refractivity contribution < 1.29 is 19.2 Å². The van der Waals surface area contributed by atoms with E-state index in [4.69, 9.17) is 11.7 Å². The van der Waals surface area contributed by atoms with Crippen LogP contribution < -0.4 is 22.5 Å². The van der Waals surface area contributed by atoms with Crippen molar-refractivity contribution in [2.24, 2.45) is 11.7 Å². The molecule has 1 rings (SSSR count). The minimum absolute atomic E-state index is 0.0135. The highest BCUT2D eigenvalue weighted by molar-refractivity contribution is 6.19. The molecule has 0 heterocycles. The van der Waals surface area contributed by atoms with E-state index in [0.29, 0.717) is 12.8 Å². The number of amides is 2. The van der Waals surface area contributed by atoms with E-state index in [9.17, 15) is 19.2 Å². The molecular weight excluding hydrogens is 649 g/mol. The average Bonchev–Trinajstić information content (AvgIpc) is 3.16. The predicted octanol–water partition coefficient (Wildman–Crippen LogP) is 11.8. The summed E-state index contributed by atoms with van der Waals surface area (Å²) < 4.78 is 0. The van der Waals surface area contributed by atoms with Crippen LogP contribution in [0.1, 0.15) is 261 Å². The Balaban J connectivity index is 2.55. The lowest BCUT2D eigenvalue weighted by Crippen LogP contribution is -2.34. The van der Waals surface area contributed by atoms with Crippen LogP contribution >= 0.6 is 0 Å². The molecule has 0 fully saturated rings. The lowest BCUT2D eigenvalue weighted by atomic mass is 9.86. The molecule has 0 aliphatic carbocycles. The van der Waals surface area contributed by atoms with E-state index in [1.54, 1.807) is 0 Å². The van der Waals surface area contributed by atoms with E-state index in [2.05, 4.69) is 24.7 Å². The molecule has 0 aliphatic heterocycles. The molecule has 52 heavy (non-hydrogen) atoms. The lowest BCUT2D eigenvalue weighted by molar-refractivity contribution is 0.0911. The molecule has 0 atom stereocenters. The zero-order chi connectivity index (χ0) is 38.1. The first-order valence-corrected chi connectivity index (χ1v) is 21.7. The number of Topliss-reactive ketones (excluding diaryl/α,β-unsaturated/α-hetero) is 2. The van der Waals surface area contributed by atoms with Crippen molar-refractivity contribution in [1.82, 2.24) is 10.9 Å². The van der Waals surface area contributed by atoms with Crippen molar-refractivity contribution in [2.45, 2.75) is 219 Å². The molecule has 1 aromatic rings. The first kappa shape index (κ1) is 47.4. The second kappa shape index (κ2) is 33.0. The third kappa shape index (κ3) is 21.8. The minimum Gasteiger partial charge on any atom is -0.294 e. The molecule has 8 heteroatoms. The first-order valence-electron chi connectivity index (χ1n) is 21.7. The fourth-order valence-corrected chi connectivity index (χ4v) is 7.28. The van der Waals surface area contributed by atoms with Gasteiger partial charge in [-0.15, -0.1) is 0 Å². The highest BCUT2D eigenvalue weighted by Gasteiger charge is 2.28. The topological polar surface area (TPSA) is 144 Å². The molecule has 6 N–H and O–H groups in total. The van der Waals surface area contributed by atoms with E-state index in [-0.39, 0.29) is 46.7 Å². The van der Waals surface area contributed by atoms with Gasteiger partial charge in [0.25, 0.3) is 11.8 Å². The molecule has 0 spiro atoms. The number of carbonyl (C=O) groups is 4. The third-order valence-corrected chi connectivity index (χ3v) is 10.5. The van der Waals surface area contributed by atoms with Gasteiger partial charge in [0.1, 0.15) is 0 Å². The third-order valence-electron chi connectivity index (χ3n) is 10.5. The molecular formula is C44H78N4O4. The fourth-order valence-electron chi connectivity index (χ4n) is 7.28. The first-order chi connectivity index (χ1) is 25.4. The Kier molecular flexibility index (Phi) is 30.1. The van der Waals surface area contributed by atoms with Crippen LogP contribution in [0.4, 0.5) is 0 Å². The Hall–Kier alpha value is -2.58. The summed E-state index contributed by atoms with van der Waals surface area (Å²) in [7, 11) is 0. The zero-order valence-electron chi connectivity index (χ0n) is 33.6. The Morgan fingerprint density at radius 3 is 0.808 bits per heavy atom. The van der Waals surface area contributed by atoms with Crippen LogP contribution in [0.15, 0.2) is 12.1 Å². The second-order valence-corrected chi connectivity index (χ2v) is 15.1. The van der Waals surface area contributed by atoms with E-state index in [0.717, 1.165) is 38.5 Å². The number of hydrogen-bond donors (Lipinski definition) is 4. The Labute approximate surface area is 318 Å². The standard InChI is InChI=1S/C44H78N4O4/c1-3-5-7-9-11-13-15-17-19-21-23-25-27-29-31-33-39(49)41-37(43(51)47-45)35-36-38(44(52)48-46)42(41)40(50)34-32-30-28-26-24-22-20-18-16-14-12-10-8-6-4-2/h35-36H,3-34,45-46H2,1-2H3,(H,47,51)(H,48,52). The molecule has 0 saturated heterocycles. The molecule has 0 radical (unpaired) electrons. The van der Waals surface area contributed by atoms with Gasteiger partial charge in [0.2, 0.25) is 0 Å². The van der Waals surface area contributed by atoms with Crippen LogP contribution in [0.2, 0.25) is 0 Å². The monoisotopic (exact) mass is 727 g/mol. The highest BCUT2D eigenvalue weighted by Crippen LogP contribution is 2.26. The van der Waals surface area contributed by atoms with Gasteiger partial charge in [0.15, 0.2) is 11.6 Å². The number of benzene rings is 1. The Morgan fingerprint density at radius 1 is 0.385 bits per heavy atom. The van der Waals surface area contributed by atoms with Gasteiger partial charge in [0.05, 0.1) is 11.1 Å². The number of unbranched alkanes of at least 4 members (excludes halogenated alkanes) is 28. The maximum Gasteiger partial charge on any atom is 0.265 e. The molecule has 2 amide bonds. The van der Waals surface area contributed by atoms with Crippen molar-refractivity contribution in [3.8, 4) is 0 Å². The summed E-state index contributed by atoms with van der Waals surface area (Å²) in [4.78, 5) is 52.9. The molecule has 8 nitrogen and oxygen atoms in total. The highest BCUT2D eigenvalue weighted by atomic mass is 16.2. The number of nitrogens with two attached hydrogens (primary N) is 2. The Morgan fingerprint density at radius 2 is 0.596 bits per heavy atom. The van der Waals surface area contributed by atoms with Gasteiger partial charge in [-0.25, -0.2) is 11.7 Å². The van der Waals surface area contributed by atoms with Gasteiger partial charge >= 0.3 is 0 Å². The maximum atomic E-state index is 13.7. The van der Waals surface area contributed by atoms with Crippen molar-refractivity contribution in [2.75, 3.05) is 0 Å². The average molecular weight is 727 g/mol. The normalized spacial score (nSPS) is 11.2. The Bertz CT molecular complexity index is 1020. The van der Waals surface area contributed by atoms with Gasteiger partial charge in [-0.1, -0.05) is 194 Å². The number of nitrogens with one attached hydrogen (secondary N) is 2. The molecule has 1 aromatic carbocycles. The summed E-state index contributed by atoms with van der Waals surface area (Å²) in [6.07, 6.45) is 37.0. The summed E-state index contributed by atoms with van der Waals surface area (Å²) in [5.74, 6) is 8.95. The van der Waals surface area contributed by atoms with Gasteiger partial charge in [-0.2, -0.15) is 0 Å². The number of nitrogen functional groups attached to an aromatic ring is 2. The molecule has 298 valence electrons. The van der Waals surface area contributed by atoms with E-state index >= 15 is 0 Å². The number of carbonyl (C=O) groups excluding carboxylic acids is 4. The second-order valence-electron chi connectivity index (χ2n) is 15.1. The molecule has 0 bridgehead atoms. The van der Waals surface area contributed by atoms with Crippen LogP contribution in [-0.4, -0.2) is 23.4 Å². The lowest BCUT2D eigenvalue weighted by Gasteiger charge is -2.16. The van der Waals surface area contributed by atoms with Gasteiger partial charge < -0.3 is 0 Å². The zero-order valence-corrected chi connectivity index (χ0v) is 33.6. The van der Waals surface area contributed by atoms with Crippen molar-refractivity contribution in [3.05, 3.63) is 34.4 Å². The van der Waals surface area contributed by atoms with Crippen molar-refractivity contribution in [3.63, 3.8) is 0 Å². The molecule has 0 unspecified atom stereocenters. The summed E-state index contributed by atoms with van der Waals surface area (Å²) in [6.45, 7) is 4.51. The SMILES string of the molecule is CCCCCCCCCCCCCCCCCC(=O)c1c(C(=O)NN)ccc(C(=O)NN)c1C(=O)CCCCCCCCCCCCCCCCC. The van der Waals surface area contributed by atoms with Crippen LogP contribution in [0, 0.1) is 0 Å². The fraction of sp³-hybridized carbons (Fsp3) is 0.773. The van der Waals surface area contributed by atoms with E-state index in [1.807, 2.05) is 0 Å². The van der Waals surface area contributed by atoms with Crippen LogP contribution in [0.25, 0.3) is 0 Å². The summed E-state index contributed by atoms with van der Waals surface area (Å²) >= 11 is 0.